The van der Waals surface area contributed by atoms with Gasteiger partial charge < -0.3 is 10.2 Å². The quantitative estimate of drug-likeness (QED) is 0.643. The summed E-state index contributed by atoms with van der Waals surface area (Å²) in [5.74, 6) is 0.783. The van der Waals surface area contributed by atoms with Crippen molar-refractivity contribution in [3.8, 4) is 0 Å². The SMILES string of the molecule is CC(C)NC(=O)CN1CCCN(c2ccc([N+](=O)[O-])cn2)CC1. The van der Waals surface area contributed by atoms with Gasteiger partial charge in [0.05, 0.1) is 11.5 Å². The van der Waals surface area contributed by atoms with Crippen molar-refractivity contribution in [2.75, 3.05) is 37.6 Å². The molecule has 1 aliphatic rings. The topological polar surface area (TPSA) is 91.6 Å². The average Bonchev–Trinajstić information content (AvgIpc) is 2.72. The summed E-state index contributed by atoms with van der Waals surface area (Å²) in [5, 5.41) is 13.6. The molecule has 1 N–H and O–H groups in total. The maximum absolute atomic E-state index is 11.8. The highest BCUT2D eigenvalue weighted by molar-refractivity contribution is 5.78. The van der Waals surface area contributed by atoms with Gasteiger partial charge in [-0.3, -0.25) is 19.8 Å². The van der Waals surface area contributed by atoms with Gasteiger partial charge in [-0.15, -0.1) is 0 Å². The van der Waals surface area contributed by atoms with E-state index >= 15 is 0 Å². The van der Waals surface area contributed by atoms with Crippen LogP contribution >= 0.6 is 0 Å². The fourth-order valence-corrected chi connectivity index (χ4v) is 2.60. The average molecular weight is 321 g/mol. The van der Waals surface area contributed by atoms with Crippen molar-refractivity contribution in [2.24, 2.45) is 0 Å². The third-order valence-corrected chi connectivity index (χ3v) is 3.67. The Labute approximate surface area is 135 Å². The maximum Gasteiger partial charge on any atom is 0.287 e. The Balaban J connectivity index is 1.90. The minimum atomic E-state index is -0.450. The van der Waals surface area contributed by atoms with Crippen LogP contribution in [0.3, 0.4) is 0 Å². The highest BCUT2D eigenvalue weighted by Crippen LogP contribution is 2.17. The van der Waals surface area contributed by atoms with E-state index in [0.717, 1.165) is 38.4 Å². The summed E-state index contributed by atoms with van der Waals surface area (Å²) in [6, 6.07) is 3.30. The van der Waals surface area contributed by atoms with Gasteiger partial charge >= 0.3 is 0 Å². The molecule has 0 aromatic carbocycles. The summed E-state index contributed by atoms with van der Waals surface area (Å²) in [4.78, 5) is 30.5. The van der Waals surface area contributed by atoms with Crippen LogP contribution < -0.4 is 10.2 Å². The second-order valence-electron chi connectivity index (χ2n) is 5.97. The molecule has 126 valence electrons. The zero-order valence-electron chi connectivity index (χ0n) is 13.6. The molecule has 0 atom stereocenters. The molecule has 8 heteroatoms. The Morgan fingerprint density at radius 1 is 1.35 bits per heavy atom. The lowest BCUT2D eigenvalue weighted by Gasteiger charge is -2.22. The molecule has 1 amide bonds. The predicted molar refractivity (Wildman–Crippen MR) is 87.4 cm³/mol. The van der Waals surface area contributed by atoms with Gasteiger partial charge in [-0.05, 0) is 26.3 Å². The van der Waals surface area contributed by atoms with Crippen LogP contribution in [-0.2, 0) is 4.79 Å². The number of nitrogens with zero attached hydrogens (tertiary/aromatic N) is 4. The van der Waals surface area contributed by atoms with Crippen molar-refractivity contribution in [3.05, 3.63) is 28.4 Å². The minimum absolute atomic E-state index is 0.00412. The number of amides is 1. The first kappa shape index (κ1) is 17.1. The first-order chi connectivity index (χ1) is 11.0. The van der Waals surface area contributed by atoms with Crippen molar-refractivity contribution in [1.82, 2.24) is 15.2 Å². The molecule has 0 unspecified atom stereocenters. The van der Waals surface area contributed by atoms with Crippen molar-refractivity contribution >= 4 is 17.4 Å². The number of anilines is 1. The number of nitrogens with one attached hydrogen (secondary N) is 1. The summed E-state index contributed by atoms with van der Waals surface area (Å²) < 4.78 is 0. The van der Waals surface area contributed by atoms with Crippen LogP contribution in [0.5, 0.6) is 0 Å². The molecular formula is C15H23N5O3. The number of nitro groups is 1. The zero-order chi connectivity index (χ0) is 16.8. The van der Waals surface area contributed by atoms with E-state index in [1.807, 2.05) is 13.8 Å². The second kappa shape index (κ2) is 7.87. The number of carbonyl (C=O) groups is 1. The monoisotopic (exact) mass is 321 g/mol. The Hall–Kier alpha value is -2.22. The van der Waals surface area contributed by atoms with Gasteiger partial charge in [-0.1, -0.05) is 0 Å². The number of pyridine rings is 1. The molecule has 0 spiro atoms. The Morgan fingerprint density at radius 2 is 2.13 bits per heavy atom. The molecule has 0 saturated carbocycles. The van der Waals surface area contributed by atoms with E-state index in [0.29, 0.717) is 6.54 Å². The molecule has 23 heavy (non-hydrogen) atoms. The van der Waals surface area contributed by atoms with Gasteiger partial charge in [0.15, 0.2) is 0 Å². The number of aromatic nitrogens is 1. The third kappa shape index (κ3) is 5.17. The van der Waals surface area contributed by atoms with Crippen molar-refractivity contribution in [3.63, 3.8) is 0 Å². The molecule has 0 aliphatic carbocycles. The molecule has 1 aromatic heterocycles. The molecule has 0 bridgehead atoms. The van der Waals surface area contributed by atoms with Crippen LogP contribution in [-0.4, -0.2) is 59.5 Å². The first-order valence-corrected chi connectivity index (χ1v) is 7.83. The van der Waals surface area contributed by atoms with Gasteiger partial charge in [0.2, 0.25) is 5.91 Å². The highest BCUT2D eigenvalue weighted by atomic mass is 16.6. The summed E-state index contributed by atoms with van der Waals surface area (Å²) >= 11 is 0. The van der Waals surface area contributed by atoms with E-state index in [1.54, 1.807) is 6.07 Å². The standard InChI is InChI=1S/C15H23N5O3/c1-12(2)17-15(21)11-18-6-3-7-19(9-8-18)14-5-4-13(10-16-14)20(22)23/h4-5,10,12H,3,6-9,11H2,1-2H3,(H,17,21). The number of hydrogen-bond donors (Lipinski definition) is 1. The predicted octanol–water partition coefficient (Wildman–Crippen LogP) is 1.03. The van der Waals surface area contributed by atoms with Gasteiger partial charge in [0.25, 0.3) is 5.69 Å². The molecule has 0 radical (unpaired) electrons. The van der Waals surface area contributed by atoms with Crippen LogP contribution in [0.2, 0.25) is 0 Å². The summed E-state index contributed by atoms with van der Waals surface area (Å²) in [6.07, 6.45) is 2.21. The third-order valence-electron chi connectivity index (χ3n) is 3.67. The Morgan fingerprint density at radius 3 is 2.74 bits per heavy atom. The Kier molecular flexibility index (Phi) is 5.86. The highest BCUT2D eigenvalue weighted by Gasteiger charge is 2.18. The minimum Gasteiger partial charge on any atom is -0.355 e. The molecule has 1 aliphatic heterocycles. The number of carbonyl (C=O) groups excluding carboxylic acids is 1. The van der Waals surface area contributed by atoms with Gasteiger partial charge in [0.1, 0.15) is 12.0 Å². The first-order valence-electron chi connectivity index (χ1n) is 7.83. The maximum atomic E-state index is 11.8. The fraction of sp³-hybridized carbons (Fsp3) is 0.600. The summed E-state index contributed by atoms with van der Waals surface area (Å²) in [6.45, 7) is 7.50. The molecule has 1 saturated heterocycles. The lowest BCUT2D eigenvalue weighted by Crippen LogP contribution is -2.41. The molecule has 1 fully saturated rings. The van der Waals surface area contributed by atoms with Crippen LogP contribution in [0, 0.1) is 10.1 Å². The van der Waals surface area contributed by atoms with Gasteiger partial charge in [-0.2, -0.15) is 0 Å². The molecule has 2 heterocycles. The van der Waals surface area contributed by atoms with Crippen LogP contribution in [0.1, 0.15) is 20.3 Å². The molecule has 1 aromatic rings. The van der Waals surface area contributed by atoms with Crippen LogP contribution in [0.4, 0.5) is 11.5 Å². The van der Waals surface area contributed by atoms with E-state index in [4.69, 9.17) is 0 Å². The van der Waals surface area contributed by atoms with E-state index < -0.39 is 4.92 Å². The summed E-state index contributed by atoms with van der Waals surface area (Å²) in [7, 11) is 0. The Bertz CT molecular complexity index is 547. The van der Waals surface area contributed by atoms with Crippen LogP contribution in [0.25, 0.3) is 0 Å². The normalized spacial score (nSPS) is 16.2. The molecular weight excluding hydrogens is 298 g/mol. The lowest BCUT2D eigenvalue weighted by atomic mass is 10.3. The number of hydrogen-bond acceptors (Lipinski definition) is 6. The van der Waals surface area contributed by atoms with Crippen LogP contribution in [0.15, 0.2) is 18.3 Å². The van der Waals surface area contributed by atoms with Gasteiger partial charge in [-0.25, -0.2) is 4.98 Å². The van der Waals surface area contributed by atoms with E-state index in [9.17, 15) is 14.9 Å². The van der Waals surface area contributed by atoms with E-state index in [-0.39, 0.29) is 17.6 Å². The lowest BCUT2D eigenvalue weighted by molar-refractivity contribution is -0.385. The van der Waals surface area contributed by atoms with Crippen molar-refractivity contribution in [1.29, 1.82) is 0 Å². The van der Waals surface area contributed by atoms with Crippen molar-refractivity contribution < 1.29 is 9.72 Å². The molecule has 2 rings (SSSR count). The smallest absolute Gasteiger partial charge is 0.287 e. The zero-order valence-corrected chi connectivity index (χ0v) is 13.6. The largest absolute Gasteiger partial charge is 0.355 e. The summed E-state index contributed by atoms with van der Waals surface area (Å²) in [5.41, 5.74) is -0.00412. The van der Waals surface area contributed by atoms with Gasteiger partial charge in [0, 0.05) is 38.3 Å². The molecule has 8 nitrogen and oxygen atoms in total. The fourth-order valence-electron chi connectivity index (χ4n) is 2.60. The second-order valence-corrected chi connectivity index (χ2v) is 5.97. The van der Waals surface area contributed by atoms with E-state index in [2.05, 4.69) is 20.1 Å². The van der Waals surface area contributed by atoms with E-state index in [1.165, 1.54) is 12.3 Å². The number of rotatable bonds is 5. The van der Waals surface area contributed by atoms with Crippen molar-refractivity contribution in [2.45, 2.75) is 26.3 Å².